The van der Waals surface area contributed by atoms with Gasteiger partial charge in [0.1, 0.15) is 0 Å². The highest BCUT2D eigenvalue weighted by Gasteiger charge is 2.32. The number of hydrogen-bond acceptors (Lipinski definition) is 4. The molecule has 1 aromatic heterocycles. The van der Waals surface area contributed by atoms with Crippen molar-refractivity contribution >= 4 is 16.9 Å². The summed E-state index contributed by atoms with van der Waals surface area (Å²) in [6.07, 6.45) is 3.24. The number of fused-ring (bicyclic) bond motifs is 4. The molecule has 1 N–H and O–H groups in total. The van der Waals surface area contributed by atoms with Crippen LogP contribution >= 0.6 is 0 Å². The number of aryl methyl sites for hydroxylation is 1. The van der Waals surface area contributed by atoms with Gasteiger partial charge >= 0.3 is 0 Å². The lowest BCUT2D eigenvalue weighted by molar-refractivity contribution is -0.124. The van der Waals surface area contributed by atoms with E-state index in [1.54, 1.807) is 0 Å². The third-order valence-electron chi connectivity index (χ3n) is 5.00. The zero-order chi connectivity index (χ0) is 15.8. The molecule has 3 heterocycles. The Morgan fingerprint density at radius 3 is 2.78 bits per heavy atom. The van der Waals surface area contributed by atoms with Crippen molar-refractivity contribution in [3.63, 3.8) is 0 Å². The number of likely N-dealkylation sites (tertiary alicyclic amines) is 1. The van der Waals surface area contributed by atoms with Crippen LogP contribution in [0.2, 0.25) is 0 Å². The highest BCUT2D eigenvalue weighted by atomic mass is 16.2. The van der Waals surface area contributed by atoms with E-state index in [0.29, 0.717) is 0 Å². The van der Waals surface area contributed by atoms with Crippen molar-refractivity contribution in [1.82, 2.24) is 20.2 Å². The quantitative estimate of drug-likeness (QED) is 0.922. The molecular weight excluding hydrogens is 288 g/mol. The van der Waals surface area contributed by atoms with E-state index in [9.17, 15) is 4.79 Å². The molecule has 0 saturated carbocycles. The molecule has 2 saturated heterocycles. The number of nitrogens with zero attached hydrogens (tertiary/aromatic N) is 3. The van der Waals surface area contributed by atoms with Gasteiger partial charge in [-0.25, -0.2) is 9.97 Å². The third-order valence-corrected chi connectivity index (χ3v) is 5.00. The lowest BCUT2D eigenvalue weighted by Gasteiger charge is -2.27. The molecule has 0 unspecified atom stereocenters. The van der Waals surface area contributed by atoms with E-state index >= 15 is 0 Å². The highest BCUT2D eigenvalue weighted by molar-refractivity contribution is 5.79. The van der Waals surface area contributed by atoms with Crippen molar-refractivity contribution in [2.24, 2.45) is 5.92 Å². The standard InChI is InChI=1S/C18H22N4O/c1-12-17(21-16-8-3-2-7-15(16)19-12)11-22-9-13-5-4-6-14(10-22)20-18(13)23/h2-3,7-8,13-14H,4-6,9-11H2,1H3,(H,20,23)/t13-,14+/m1/s1. The fourth-order valence-corrected chi connectivity index (χ4v) is 3.76. The molecule has 1 aromatic carbocycles. The summed E-state index contributed by atoms with van der Waals surface area (Å²) in [5.74, 6) is 0.354. The molecule has 0 radical (unpaired) electrons. The van der Waals surface area contributed by atoms with Crippen LogP contribution in [0, 0.1) is 12.8 Å². The van der Waals surface area contributed by atoms with Gasteiger partial charge in [-0.2, -0.15) is 0 Å². The minimum absolute atomic E-state index is 0.122. The molecule has 2 bridgehead atoms. The van der Waals surface area contributed by atoms with Crippen LogP contribution in [0.15, 0.2) is 24.3 Å². The van der Waals surface area contributed by atoms with Gasteiger partial charge in [-0.1, -0.05) is 18.6 Å². The SMILES string of the molecule is Cc1nc2ccccc2nc1CN1C[C@@H]2CCC[C@H](C1)C(=O)N2. The monoisotopic (exact) mass is 310 g/mol. The van der Waals surface area contributed by atoms with Crippen LogP contribution < -0.4 is 5.32 Å². The van der Waals surface area contributed by atoms with Crippen LogP contribution in [-0.2, 0) is 11.3 Å². The van der Waals surface area contributed by atoms with Gasteiger partial charge in [-0.3, -0.25) is 9.69 Å². The number of aromatic nitrogens is 2. The molecule has 5 heteroatoms. The summed E-state index contributed by atoms with van der Waals surface area (Å²) >= 11 is 0. The Kier molecular flexibility index (Phi) is 3.73. The number of benzene rings is 1. The van der Waals surface area contributed by atoms with Crippen LogP contribution in [-0.4, -0.2) is 39.9 Å². The fourth-order valence-electron chi connectivity index (χ4n) is 3.76. The molecule has 2 atom stereocenters. The number of hydrogen-bond donors (Lipinski definition) is 1. The molecular formula is C18H22N4O. The molecule has 0 spiro atoms. The van der Waals surface area contributed by atoms with E-state index in [1.807, 2.05) is 31.2 Å². The van der Waals surface area contributed by atoms with Crippen molar-refractivity contribution in [2.45, 2.75) is 38.8 Å². The summed E-state index contributed by atoms with van der Waals surface area (Å²) in [4.78, 5) is 24.0. The maximum absolute atomic E-state index is 12.2. The van der Waals surface area contributed by atoms with Gasteiger partial charge in [-0.05, 0) is 31.9 Å². The second-order valence-corrected chi connectivity index (χ2v) is 6.77. The van der Waals surface area contributed by atoms with Crippen molar-refractivity contribution in [3.8, 4) is 0 Å². The molecule has 23 heavy (non-hydrogen) atoms. The Hall–Kier alpha value is -2.01. The van der Waals surface area contributed by atoms with Crippen molar-refractivity contribution in [1.29, 1.82) is 0 Å². The smallest absolute Gasteiger partial charge is 0.224 e. The molecule has 4 rings (SSSR count). The molecule has 2 aliphatic rings. The number of nitrogens with one attached hydrogen (secondary N) is 1. The first-order valence-corrected chi connectivity index (χ1v) is 8.44. The maximum atomic E-state index is 12.2. The predicted octanol–water partition coefficient (Wildman–Crippen LogP) is 2.04. The Bertz CT molecular complexity index is 745. The van der Waals surface area contributed by atoms with Gasteiger partial charge in [0.25, 0.3) is 0 Å². The maximum Gasteiger partial charge on any atom is 0.224 e. The molecule has 120 valence electrons. The normalized spacial score (nSPS) is 25.2. The minimum Gasteiger partial charge on any atom is -0.352 e. The molecule has 5 nitrogen and oxygen atoms in total. The van der Waals surface area contributed by atoms with E-state index in [1.165, 1.54) is 0 Å². The second-order valence-electron chi connectivity index (χ2n) is 6.77. The predicted molar refractivity (Wildman–Crippen MR) is 88.8 cm³/mol. The number of rotatable bonds is 2. The largest absolute Gasteiger partial charge is 0.352 e. The van der Waals surface area contributed by atoms with Gasteiger partial charge in [0.05, 0.1) is 28.3 Å². The summed E-state index contributed by atoms with van der Waals surface area (Å²) < 4.78 is 0. The summed E-state index contributed by atoms with van der Waals surface area (Å²) in [5.41, 5.74) is 3.89. The molecule has 2 aliphatic heterocycles. The Morgan fingerprint density at radius 2 is 1.96 bits per heavy atom. The highest BCUT2D eigenvalue weighted by Crippen LogP contribution is 2.23. The summed E-state index contributed by atoms with van der Waals surface area (Å²) in [7, 11) is 0. The molecule has 2 aromatic rings. The van der Waals surface area contributed by atoms with Crippen LogP contribution in [0.3, 0.4) is 0 Å². The van der Waals surface area contributed by atoms with E-state index in [-0.39, 0.29) is 17.9 Å². The topological polar surface area (TPSA) is 58.1 Å². The minimum atomic E-state index is 0.122. The number of carbonyl (C=O) groups excluding carboxylic acids is 1. The average Bonchev–Trinajstić information content (AvgIpc) is 2.77. The number of para-hydroxylation sites is 2. The van der Waals surface area contributed by atoms with Crippen LogP contribution in [0.5, 0.6) is 0 Å². The first kappa shape index (κ1) is 14.6. The van der Waals surface area contributed by atoms with E-state index in [2.05, 4.69) is 15.2 Å². The summed E-state index contributed by atoms with van der Waals surface area (Å²) in [6, 6.07) is 8.27. The van der Waals surface area contributed by atoms with Gasteiger partial charge < -0.3 is 5.32 Å². The fraction of sp³-hybridized carbons (Fsp3) is 0.500. The second kappa shape index (κ2) is 5.89. The first-order chi connectivity index (χ1) is 11.2. The van der Waals surface area contributed by atoms with Crippen molar-refractivity contribution < 1.29 is 4.79 Å². The Balaban J connectivity index is 1.60. The number of carbonyl (C=O) groups is 1. The molecule has 1 amide bonds. The van der Waals surface area contributed by atoms with Gasteiger partial charge in [0, 0.05) is 25.7 Å². The zero-order valence-electron chi connectivity index (χ0n) is 13.5. The van der Waals surface area contributed by atoms with E-state index in [0.717, 1.165) is 61.3 Å². The third kappa shape index (κ3) is 2.93. The lowest BCUT2D eigenvalue weighted by Crippen LogP contribution is -2.38. The average molecular weight is 310 g/mol. The van der Waals surface area contributed by atoms with Gasteiger partial charge in [0.2, 0.25) is 5.91 Å². The van der Waals surface area contributed by atoms with Crippen molar-refractivity contribution in [2.75, 3.05) is 13.1 Å². The zero-order valence-corrected chi connectivity index (χ0v) is 13.5. The van der Waals surface area contributed by atoms with Gasteiger partial charge in [0.15, 0.2) is 0 Å². The van der Waals surface area contributed by atoms with Crippen LogP contribution in [0.1, 0.15) is 30.7 Å². The lowest BCUT2D eigenvalue weighted by atomic mass is 9.99. The van der Waals surface area contributed by atoms with E-state index < -0.39 is 0 Å². The van der Waals surface area contributed by atoms with E-state index in [4.69, 9.17) is 4.98 Å². The summed E-state index contributed by atoms with van der Waals surface area (Å²) in [5, 5.41) is 3.18. The molecule has 2 fully saturated rings. The number of amides is 1. The molecule has 0 aliphatic carbocycles. The van der Waals surface area contributed by atoms with Crippen molar-refractivity contribution in [3.05, 3.63) is 35.7 Å². The Morgan fingerprint density at radius 1 is 1.17 bits per heavy atom. The first-order valence-electron chi connectivity index (χ1n) is 8.44. The van der Waals surface area contributed by atoms with Crippen LogP contribution in [0.25, 0.3) is 11.0 Å². The Labute approximate surface area is 136 Å². The van der Waals surface area contributed by atoms with Gasteiger partial charge in [-0.15, -0.1) is 0 Å². The van der Waals surface area contributed by atoms with Crippen LogP contribution in [0.4, 0.5) is 0 Å². The summed E-state index contributed by atoms with van der Waals surface area (Å²) in [6.45, 7) is 4.54.